The third-order valence-corrected chi connectivity index (χ3v) is 2.50. The zero-order chi connectivity index (χ0) is 12.3. The van der Waals surface area contributed by atoms with E-state index in [4.69, 9.17) is 10.6 Å². The smallest absolute Gasteiger partial charge is 0.215 e. The molecule has 90 valence electrons. The summed E-state index contributed by atoms with van der Waals surface area (Å²) >= 11 is 0. The zero-order valence-corrected chi connectivity index (χ0v) is 9.95. The minimum Gasteiger partial charge on any atom is -0.494 e. The van der Waals surface area contributed by atoms with Gasteiger partial charge in [-0.05, 0) is 37.6 Å². The molecule has 0 aliphatic carbocycles. The Hall–Kier alpha value is -2.01. The number of anilines is 1. The lowest BCUT2D eigenvalue weighted by molar-refractivity contribution is 0.338. The molecule has 0 aliphatic rings. The van der Waals surface area contributed by atoms with Crippen LogP contribution in [0.1, 0.15) is 12.5 Å². The van der Waals surface area contributed by atoms with Crippen LogP contribution in [-0.2, 0) is 0 Å². The van der Waals surface area contributed by atoms with Crippen LogP contribution in [0.4, 0.5) is 5.95 Å². The van der Waals surface area contributed by atoms with Crippen LogP contribution in [0.2, 0.25) is 0 Å². The molecule has 17 heavy (non-hydrogen) atoms. The van der Waals surface area contributed by atoms with Gasteiger partial charge in [-0.3, -0.25) is 5.43 Å². The molecule has 2 aromatic rings. The van der Waals surface area contributed by atoms with E-state index >= 15 is 0 Å². The van der Waals surface area contributed by atoms with E-state index in [1.54, 1.807) is 6.20 Å². The summed E-state index contributed by atoms with van der Waals surface area (Å²) in [6.45, 7) is 4.67. The van der Waals surface area contributed by atoms with Crippen LogP contribution < -0.4 is 16.0 Å². The molecule has 0 aliphatic heterocycles. The molecule has 0 spiro atoms. The molecule has 4 N–H and O–H groups in total. The van der Waals surface area contributed by atoms with Crippen LogP contribution in [-0.4, -0.2) is 16.6 Å². The van der Waals surface area contributed by atoms with Crippen LogP contribution in [0.5, 0.6) is 5.75 Å². The Labute approximate surface area is 100.0 Å². The summed E-state index contributed by atoms with van der Waals surface area (Å²) in [5.41, 5.74) is 5.55. The first-order chi connectivity index (χ1) is 8.24. The van der Waals surface area contributed by atoms with Crippen molar-refractivity contribution in [2.45, 2.75) is 13.8 Å². The molecule has 0 atom stereocenters. The van der Waals surface area contributed by atoms with E-state index in [9.17, 15) is 0 Å². The van der Waals surface area contributed by atoms with Gasteiger partial charge in [-0.25, -0.2) is 10.8 Å². The number of aromatic amines is 1. The number of hydrazine groups is 1. The van der Waals surface area contributed by atoms with E-state index in [2.05, 4.69) is 21.5 Å². The summed E-state index contributed by atoms with van der Waals surface area (Å²) in [7, 11) is 0. The quantitative estimate of drug-likeness (QED) is 0.557. The van der Waals surface area contributed by atoms with Gasteiger partial charge in [0, 0.05) is 5.56 Å². The summed E-state index contributed by atoms with van der Waals surface area (Å²) in [6, 6.07) is 6.01. The second-order valence-corrected chi connectivity index (χ2v) is 3.70. The number of ether oxygens (including phenoxy) is 1. The van der Waals surface area contributed by atoms with Gasteiger partial charge in [0.2, 0.25) is 5.95 Å². The molecule has 0 amide bonds. The first-order valence-electron chi connectivity index (χ1n) is 5.50. The van der Waals surface area contributed by atoms with Crippen molar-refractivity contribution in [1.29, 1.82) is 0 Å². The lowest BCUT2D eigenvalue weighted by Gasteiger charge is -2.08. The van der Waals surface area contributed by atoms with Crippen LogP contribution >= 0.6 is 0 Å². The largest absolute Gasteiger partial charge is 0.494 e. The number of benzene rings is 1. The van der Waals surface area contributed by atoms with E-state index < -0.39 is 0 Å². The van der Waals surface area contributed by atoms with Crippen molar-refractivity contribution in [3.63, 3.8) is 0 Å². The summed E-state index contributed by atoms with van der Waals surface area (Å²) in [6.07, 6.45) is 1.74. The molecule has 1 heterocycles. The Morgan fingerprint density at radius 2 is 2.29 bits per heavy atom. The monoisotopic (exact) mass is 232 g/mol. The van der Waals surface area contributed by atoms with Crippen LogP contribution in [0.25, 0.3) is 11.3 Å². The van der Waals surface area contributed by atoms with Crippen molar-refractivity contribution in [2.75, 3.05) is 12.0 Å². The SMILES string of the molecule is CCOc1ccc(-c2cnc(NN)[nH]2)cc1C. The van der Waals surface area contributed by atoms with Gasteiger partial charge in [0.1, 0.15) is 5.75 Å². The summed E-state index contributed by atoms with van der Waals surface area (Å²) in [4.78, 5) is 7.15. The number of rotatable bonds is 4. The number of hydrogen-bond acceptors (Lipinski definition) is 4. The average Bonchev–Trinajstić information content (AvgIpc) is 2.80. The molecule has 0 fully saturated rings. The molecule has 5 nitrogen and oxygen atoms in total. The third-order valence-electron chi connectivity index (χ3n) is 2.50. The summed E-state index contributed by atoms with van der Waals surface area (Å²) < 4.78 is 5.50. The molecule has 0 radical (unpaired) electrons. The van der Waals surface area contributed by atoms with Crippen molar-refractivity contribution >= 4 is 5.95 Å². The number of imidazole rings is 1. The second kappa shape index (κ2) is 4.88. The maximum absolute atomic E-state index is 5.50. The van der Waals surface area contributed by atoms with Crippen LogP contribution in [0.15, 0.2) is 24.4 Å². The van der Waals surface area contributed by atoms with E-state index in [1.165, 1.54) is 0 Å². The normalized spacial score (nSPS) is 10.3. The lowest BCUT2D eigenvalue weighted by atomic mass is 10.1. The van der Waals surface area contributed by atoms with Gasteiger partial charge in [-0.1, -0.05) is 0 Å². The highest BCUT2D eigenvalue weighted by Crippen LogP contribution is 2.25. The van der Waals surface area contributed by atoms with Gasteiger partial charge in [-0.15, -0.1) is 0 Å². The molecule has 0 saturated carbocycles. The highest BCUT2D eigenvalue weighted by Gasteiger charge is 2.05. The first kappa shape index (κ1) is 11.5. The van der Waals surface area contributed by atoms with E-state index in [1.807, 2.05) is 26.0 Å². The number of aryl methyl sites for hydroxylation is 1. The van der Waals surface area contributed by atoms with Gasteiger partial charge in [0.05, 0.1) is 18.5 Å². The van der Waals surface area contributed by atoms with E-state index in [0.717, 1.165) is 22.6 Å². The maximum Gasteiger partial charge on any atom is 0.215 e. The second-order valence-electron chi connectivity index (χ2n) is 3.70. The number of aromatic nitrogens is 2. The lowest BCUT2D eigenvalue weighted by Crippen LogP contribution is -2.07. The molecular weight excluding hydrogens is 216 g/mol. The number of nitrogens with two attached hydrogens (primary N) is 1. The Morgan fingerprint density at radius 1 is 1.47 bits per heavy atom. The molecular formula is C12H16N4O. The van der Waals surface area contributed by atoms with Crippen molar-refractivity contribution < 1.29 is 4.74 Å². The highest BCUT2D eigenvalue weighted by molar-refractivity contribution is 5.62. The van der Waals surface area contributed by atoms with Gasteiger partial charge >= 0.3 is 0 Å². The predicted octanol–water partition coefficient (Wildman–Crippen LogP) is 2.07. The van der Waals surface area contributed by atoms with Crippen molar-refractivity contribution in [3.8, 4) is 17.0 Å². The third kappa shape index (κ3) is 2.39. The number of nitrogens with one attached hydrogen (secondary N) is 2. The molecule has 0 saturated heterocycles. The highest BCUT2D eigenvalue weighted by atomic mass is 16.5. The fraction of sp³-hybridized carbons (Fsp3) is 0.250. The summed E-state index contributed by atoms with van der Waals surface area (Å²) in [5, 5.41) is 0. The number of hydrogen-bond donors (Lipinski definition) is 3. The molecule has 5 heteroatoms. The zero-order valence-electron chi connectivity index (χ0n) is 9.95. The Morgan fingerprint density at radius 3 is 2.88 bits per heavy atom. The van der Waals surface area contributed by atoms with E-state index in [0.29, 0.717) is 12.6 Å². The fourth-order valence-corrected chi connectivity index (χ4v) is 1.68. The number of H-pyrrole nitrogens is 1. The number of nitrogens with zero attached hydrogens (tertiary/aromatic N) is 1. The predicted molar refractivity (Wildman–Crippen MR) is 67.7 cm³/mol. The van der Waals surface area contributed by atoms with Crippen molar-refractivity contribution in [1.82, 2.24) is 9.97 Å². The minimum absolute atomic E-state index is 0.548. The van der Waals surface area contributed by atoms with Crippen molar-refractivity contribution in [2.24, 2.45) is 5.84 Å². The molecule has 1 aromatic carbocycles. The molecule has 0 unspecified atom stereocenters. The first-order valence-corrected chi connectivity index (χ1v) is 5.50. The van der Waals surface area contributed by atoms with Gasteiger partial charge in [0.15, 0.2) is 0 Å². The molecule has 2 rings (SSSR count). The molecule has 1 aromatic heterocycles. The average molecular weight is 232 g/mol. The van der Waals surface area contributed by atoms with Gasteiger partial charge in [-0.2, -0.15) is 0 Å². The standard InChI is InChI=1S/C12H16N4O/c1-3-17-11-5-4-9(6-8(11)2)10-7-14-12(15-10)16-13/h4-7H,3,13H2,1-2H3,(H2,14,15,16). The molecule has 0 bridgehead atoms. The Balaban J connectivity index is 2.30. The minimum atomic E-state index is 0.548. The van der Waals surface area contributed by atoms with Gasteiger partial charge in [0.25, 0.3) is 0 Å². The fourth-order valence-electron chi connectivity index (χ4n) is 1.68. The van der Waals surface area contributed by atoms with Crippen LogP contribution in [0, 0.1) is 6.92 Å². The maximum atomic E-state index is 5.50. The topological polar surface area (TPSA) is 76.0 Å². The van der Waals surface area contributed by atoms with Crippen LogP contribution in [0.3, 0.4) is 0 Å². The summed E-state index contributed by atoms with van der Waals surface area (Å²) in [5.74, 6) is 6.73. The Bertz CT molecular complexity index is 507. The van der Waals surface area contributed by atoms with Crippen molar-refractivity contribution in [3.05, 3.63) is 30.0 Å². The number of nitrogen functional groups attached to an aromatic ring is 1. The van der Waals surface area contributed by atoms with Gasteiger partial charge < -0.3 is 9.72 Å². The Kier molecular flexibility index (Phi) is 3.30. The van der Waals surface area contributed by atoms with E-state index in [-0.39, 0.29) is 0 Å².